The van der Waals surface area contributed by atoms with Gasteiger partial charge in [-0.05, 0) is 92.8 Å². The fourth-order valence-corrected chi connectivity index (χ4v) is 7.30. The molecule has 3 aromatic rings. The number of phenols is 1. The van der Waals surface area contributed by atoms with Crippen LogP contribution < -0.4 is 4.90 Å². The minimum Gasteiger partial charge on any atom is -0.508 e. The summed E-state index contributed by atoms with van der Waals surface area (Å²) in [6.07, 6.45) is 3.30. The van der Waals surface area contributed by atoms with E-state index < -0.39 is 5.60 Å². The smallest absolute Gasteiger partial charge is 0.410 e. The molecule has 2 fully saturated rings. The number of anilines is 1. The monoisotopic (exact) mass is 639 g/mol. The van der Waals surface area contributed by atoms with Gasteiger partial charge in [0.25, 0.3) is 0 Å². The molecule has 1 saturated carbocycles. The molecule has 0 spiro atoms. The van der Waals surface area contributed by atoms with Crippen molar-refractivity contribution < 1.29 is 24.2 Å². The van der Waals surface area contributed by atoms with E-state index >= 15 is 0 Å². The average Bonchev–Trinajstić information content (AvgIpc) is 3.85. The van der Waals surface area contributed by atoms with E-state index in [1.807, 2.05) is 39.0 Å². The SMILES string of the molecule is COCCCN1CC(CN(C(=O)[C@H]2CN(C(=O)OC(C)(C)C)CC[C@@H]2c2cccc(-c3ccc(O)cc3)c2)C2CC2)c2ccccc21. The fraction of sp³-hybridized carbons (Fsp3) is 0.487. The van der Waals surface area contributed by atoms with Crippen LogP contribution in [0.2, 0.25) is 0 Å². The molecule has 2 heterocycles. The Morgan fingerprint density at radius 1 is 0.936 bits per heavy atom. The number of para-hydroxylation sites is 1. The number of amides is 2. The number of hydrogen-bond donors (Lipinski definition) is 1. The number of phenolic OH excluding ortho intramolecular Hbond substituents is 1. The Balaban J connectivity index is 1.28. The van der Waals surface area contributed by atoms with E-state index in [1.165, 1.54) is 11.3 Å². The predicted octanol–water partition coefficient (Wildman–Crippen LogP) is 7.03. The fourth-order valence-electron chi connectivity index (χ4n) is 7.30. The summed E-state index contributed by atoms with van der Waals surface area (Å²) in [5, 5.41) is 9.83. The maximum atomic E-state index is 14.9. The summed E-state index contributed by atoms with van der Waals surface area (Å²) in [6, 6.07) is 24.5. The lowest BCUT2D eigenvalue weighted by Gasteiger charge is -2.41. The number of benzene rings is 3. The molecule has 3 aliphatic rings. The van der Waals surface area contributed by atoms with Crippen molar-refractivity contribution in [3.05, 3.63) is 83.9 Å². The quantitative estimate of drug-likeness (QED) is 0.240. The van der Waals surface area contributed by atoms with Crippen molar-refractivity contribution >= 4 is 17.7 Å². The molecule has 8 nitrogen and oxygen atoms in total. The van der Waals surface area contributed by atoms with Crippen molar-refractivity contribution in [2.75, 3.05) is 51.3 Å². The molecule has 47 heavy (non-hydrogen) atoms. The zero-order valence-electron chi connectivity index (χ0n) is 28.2. The molecular formula is C39H49N3O5. The van der Waals surface area contributed by atoms with Gasteiger partial charge >= 0.3 is 6.09 Å². The highest BCUT2D eigenvalue weighted by Crippen LogP contribution is 2.42. The number of rotatable bonds is 10. The summed E-state index contributed by atoms with van der Waals surface area (Å²) >= 11 is 0. The zero-order valence-corrected chi connectivity index (χ0v) is 28.2. The highest BCUT2D eigenvalue weighted by atomic mass is 16.6. The molecule has 1 unspecified atom stereocenters. The van der Waals surface area contributed by atoms with Crippen LogP contribution in [0.3, 0.4) is 0 Å². The number of piperidine rings is 1. The minimum absolute atomic E-state index is 0.0408. The van der Waals surface area contributed by atoms with E-state index in [0.29, 0.717) is 26.1 Å². The number of hydrogen-bond acceptors (Lipinski definition) is 6. The van der Waals surface area contributed by atoms with Crippen LogP contribution in [0.15, 0.2) is 72.8 Å². The number of aromatic hydroxyl groups is 1. The molecule has 2 amide bonds. The average molecular weight is 640 g/mol. The first-order valence-electron chi connectivity index (χ1n) is 17.1. The molecule has 1 saturated heterocycles. The van der Waals surface area contributed by atoms with Gasteiger partial charge in [-0.25, -0.2) is 4.79 Å². The van der Waals surface area contributed by atoms with Crippen molar-refractivity contribution in [2.24, 2.45) is 5.92 Å². The molecular weight excluding hydrogens is 590 g/mol. The van der Waals surface area contributed by atoms with Crippen LogP contribution in [0.1, 0.15) is 69.4 Å². The summed E-state index contributed by atoms with van der Waals surface area (Å²) in [7, 11) is 1.74. The highest BCUT2D eigenvalue weighted by Gasteiger charge is 2.44. The van der Waals surface area contributed by atoms with Gasteiger partial charge in [-0.15, -0.1) is 0 Å². The van der Waals surface area contributed by atoms with Crippen LogP contribution in [0.25, 0.3) is 11.1 Å². The van der Waals surface area contributed by atoms with Gasteiger partial charge in [0.2, 0.25) is 5.91 Å². The normalized spacial score (nSPS) is 21.0. The van der Waals surface area contributed by atoms with Gasteiger partial charge in [0, 0.05) is 64.1 Å². The first-order valence-corrected chi connectivity index (χ1v) is 17.1. The lowest BCUT2D eigenvalue weighted by atomic mass is 9.78. The minimum atomic E-state index is -0.614. The zero-order chi connectivity index (χ0) is 33.1. The number of carbonyl (C=O) groups excluding carboxylic acids is 2. The van der Waals surface area contributed by atoms with Crippen molar-refractivity contribution in [1.82, 2.24) is 9.80 Å². The second-order valence-electron chi connectivity index (χ2n) is 14.4. The van der Waals surface area contributed by atoms with Gasteiger partial charge in [0.1, 0.15) is 11.4 Å². The molecule has 0 bridgehead atoms. The van der Waals surface area contributed by atoms with Crippen LogP contribution in [-0.4, -0.2) is 85.0 Å². The molecule has 1 N–H and O–H groups in total. The topological polar surface area (TPSA) is 82.6 Å². The summed E-state index contributed by atoms with van der Waals surface area (Å²) in [5.74, 6) is 0.159. The van der Waals surface area contributed by atoms with Crippen LogP contribution in [-0.2, 0) is 14.3 Å². The Labute approximate surface area is 279 Å². The lowest BCUT2D eigenvalue weighted by Crippen LogP contribution is -2.51. The van der Waals surface area contributed by atoms with Gasteiger partial charge in [-0.3, -0.25) is 4.79 Å². The number of likely N-dealkylation sites (tertiary alicyclic amines) is 1. The molecule has 3 aromatic carbocycles. The molecule has 0 radical (unpaired) electrons. The van der Waals surface area contributed by atoms with Crippen LogP contribution >= 0.6 is 0 Å². The molecule has 6 rings (SSSR count). The second-order valence-corrected chi connectivity index (χ2v) is 14.4. The van der Waals surface area contributed by atoms with Crippen molar-refractivity contribution in [2.45, 2.75) is 69.9 Å². The number of nitrogens with zero attached hydrogens (tertiary/aromatic N) is 3. The maximum Gasteiger partial charge on any atom is 0.410 e. The number of fused-ring (bicyclic) bond motifs is 1. The van der Waals surface area contributed by atoms with Gasteiger partial charge in [-0.2, -0.15) is 0 Å². The Bertz CT molecular complexity index is 1550. The molecule has 250 valence electrons. The number of ether oxygens (including phenoxy) is 2. The van der Waals surface area contributed by atoms with Gasteiger partial charge in [0.05, 0.1) is 5.92 Å². The highest BCUT2D eigenvalue weighted by molar-refractivity contribution is 5.82. The molecule has 2 aliphatic heterocycles. The number of methoxy groups -OCH3 is 1. The van der Waals surface area contributed by atoms with Crippen molar-refractivity contribution in [3.8, 4) is 16.9 Å². The maximum absolute atomic E-state index is 14.9. The van der Waals surface area contributed by atoms with E-state index in [1.54, 1.807) is 24.1 Å². The van der Waals surface area contributed by atoms with E-state index in [4.69, 9.17) is 9.47 Å². The summed E-state index contributed by atoms with van der Waals surface area (Å²) in [4.78, 5) is 34.5. The Morgan fingerprint density at radius 3 is 2.43 bits per heavy atom. The van der Waals surface area contributed by atoms with E-state index in [0.717, 1.165) is 55.6 Å². The van der Waals surface area contributed by atoms with E-state index in [-0.39, 0.29) is 41.5 Å². The predicted molar refractivity (Wildman–Crippen MR) is 185 cm³/mol. The van der Waals surface area contributed by atoms with Crippen molar-refractivity contribution in [1.29, 1.82) is 0 Å². The van der Waals surface area contributed by atoms with Crippen LogP contribution in [0, 0.1) is 5.92 Å². The van der Waals surface area contributed by atoms with Gasteiger partial charge in [0.15, 0.2) is 0 Å². The summed E-state index contributed by atoms with van der Waals surface area (Å²) in [5.41, 5.74) is 5.10. The Morgan fingerprint density at radius 2 is 1.70 bits per heavy atom. The largest absolute Gasteiger partial charge is 0.508 e. The Hall–Kier alpha value is -4.04. The Kier molecular flexibility index (Phi) is 9.78. The van der Waals surface area contributed by atoms with Gasteiger partial charge < -0.3 is 29.3 Å². The third kappa shape index (κ3) is 7.75. The summed E-state index contributed by atoms with van der Waals surface area (Å²) in [6.45, 7) is 9.69. The molecule has 8 heteroatoms. The first kappa shape index (κ1) is 32.9. The third-order valence-electron chi connectivity index (χ3n) is 9.72. The molecule has 1 aliphatic carbocycles. The summed E-state index contributed by atoms with van der Waals surface area (Å²) < 4.78 is 11.1. The van der Waals surface area contributed by atoms with Gasteiger partial charge in [-0.1, -0.05) is 54.6 Å². The van der Waals surface area contributed by atoms with E-state index in [9.17, 15) is 14.7 Å². The van der Waals surface area contributed by atoms with Crippen molar-refractivity contribution in [3.63, 3.8) is 0 Å². The lowest BCUT2D eigenvalue weighted by molar-refractivity contribution is -0.138. The van der Waals surface area contributed by atoms with Crippen LogP contribution in [0.4, 0.5) is 10.5 Å². The first-order chi connectivity index (χ1) is 22.6. The third-order valence-corrected chi connectivity index (χ3v) is 9.72. The molecule has 0 aromatic heterocycles. The second kappa shape index (κ2) is 14.0. The van der Waals surface area contributed by atoms with Crippen LogP contribution in [0.5, 0.6) is 5.75 Å². The standard InChI is InChI=1S/C39H49N3O5/c1-39(2,3)47-38(45)41-21-19-33(29-10-7-9-28(23-29)27-13-17-32(43)18-14-27)35(26-41)37(44)42(31-15-16-31)25-30-24-40(20-8-22-46-4)36-12-6-5-11-34(30)36/h5-7,9-14,17-18,23,30-31,33,35,43H,8,15-16,19-22,24-26H2,1-4H3/t30?,33-,35+/m1/s1. The van der Waals surface area contributed by atoms with E-state index in [2.05, 4.69) is 52.3 Å². The molecule has 3 atom stereocenters. The number of carbonyl (C=O) groups is 2.